The van der Waals surface area contributed by atoms with Crippen molar-refractivity contribution in [2.24, 2.45) is 0 Å². The van der Waals surface area contributed by atoms with Crippen LogP contribution in [0.3, 0.4) is 0 Å². The lowest BCUT2D eigenvalue weighted by molar-refractivity contribution is 0.0692. The fourth-order valence-electron chi connectivity index (χ4n) is 4.21. The number of benzene rings is 1. The van der Waals surface area contributed by atoms with Crippen LogP contribution < -0.4 is 4.74 Å². The molecule has 0 N–H and O–H groups in total. The Bertz CT molecular complexity index is 814. The van der Waals surface area contributed by atoms with E-state index < -0.39 is 5.82 Å². The largest absolute Gasteiger partial charge is 0.487 e. The Labute approximate surface area is 169 Å². The summed E-state index contributed by atoms with van der Waals surface area (Å²) in [7, 11) is 0. The molecule has 2 aromatic rings. The molecular weight excluding hydrogens is 377 g/mol. The van der Waals surface area contributed by atoms with Gasteiger partial charge in [-0.1, -0.05) is 0 Å². The lowest BCUT2D eigenvalue weighted by Crippen LogP contribution is -2.44. The first kappa shape index (κ1) is 19.3. The molecule has 5 nitrogen and oxygen atoms in total. The number of hydrogen-bond acceptors (Lipinski definition) is 5. The van der Waals surface area contributed by atoms with E-state index in [2.05, 4.69) is 16.8 Å². The van der Waals surface area contributed by atoms with Crippen LogP contribution in [-0.4, -0.2) is 52.4 Å². The Morgan fingerprint density at radius 3 is 2.89 bits per heavy atom. The quantitative estimate of drug-likeness (QED) is 0.733. The zero-order valence-corrected chi connectivity index (χ0v) is 17.0. The molecule has 28 heavy (non-hydrogen) atoms. The molecule has 2 unspecified atom stereocenters. The van der Waals surface area contributed by atoms with E-state index in [1.54, 1.807) is 17.6 Å². The molecule has 0 radical (unpaired) electrons. The van der Waals surface area contributed by atoms with Gasteiger partial charge in [0, 0.05) is 36.6 Å². The number of amides is 1. The first-order chi connectivity index (χ1) is 13.6. The maximum atomic E-state index is 14.7. The number of thiazole rings is 1. The number of carbonyl (C=O) groups is 1. The van der Waals surface area contributed by atoms with Crippen LogP contribution in [0.15, 0.2) is 29.1 Å². The van der Waals surface area contributed by atoms with E-state index in [-0.39, 0.29) is 17.5 Å². The van der Waals surface area contributed by atoms with Crippen molar-refractivity contribution in [1.82, 2.24) is 14.8 Å². The highest BCUT2D eigenvalue weighted by Gasteiger charge is 2.33. The molecule has 0 spiro atoms. The predicted molar refractivity (Wildman–Crippen MR) is 107 cm³/mol. The average Bonchev–Trinajstić information content (AvgIpc) is 3.43. The van der Waals surface area contributed by atoms with Crippen molar-refractivity contribution in [3.63, 3.8) is 0 Å². The third kappa shape index (κ3) is 4.20. The summed E-state index contributed by atoms with van der Waals surface area (Å²) in [5.41, 5.74) is 2.67. The molecule has 0 aliphatic carbocycles. The van der Waals surface area contributed by atoms with E-state index in [0.717, 1.165) is 31.6 Å². The van der Waals surface area contributed by atoms with Crippen LogP contribution in [-0.2, 0) is 6.61 Å². The van der Waals surface area contributed by atoms with Crippen LogP contribution in [0.5, 0.6) is 5.75 Å². The Morgan fingerprint density at radius 2 is 2.18 bits per heavy atom. The van der Waals surface area contributed by atoms with Gasteiger partial charge in [0.15, 0.2) is 0 Å². The fourth-order valence-corrected chi connectivity index (χ4v) is 4.75. The molecule has 7 heteroatoms. The number of ether oxygens (including phenoxy) is 1. The normalized spacial score (nSPS) is 22.7. The second kappa shape index (κ2) is 8.57. The maximum absolute atomic E-state index is 14.7. The van der Waals surface area contributed by atoms with Gasteiger partial charge < -0.3 is 9.64 Å². The molecule has 2 atom stereocenters. The lowest BCUT2D eigenvalue weighted by Gasteiger charge is -2.31. The molecule has 2 fully saturated rings. The highest BCUT2D eigenvalue weighted by atomic mass is 32.1. The van der Waals surface area contributed by atoms with E-state index in [9.17, 15) is 9.18 Å². The van der Waals surface area contributed by atoms with Gasteiger partial charge in [0.25, 0.3) is 5.91 Å². The minimum absolute atomic E-state index is 0.127. The number of halogens is 1. The third-order valence-electron chi connectivity index (χ3n) is 5.81. The van der Waals surface area contributed by atoms with Crippen LogP contribution >= 0.6 is 11.3 Å². The topological polar surface area (TPSA) is 45.7 Å². The van der Waals surface area contributed by atoms with Gasteiger partial charge in [0.2, 0.25) is 0 Å². The number of nitrogens with zero attached hydrogens (tertiary/aromatic N) is 3. The summed E-state index contributed by atoms with van der Waals surface area (Å²) in [6.45, 7) is 5.23. The van der Waals surface area contributed by atoms with Crippen molar-refractivity contribution < 1.29 is 13.9 Å². The SMILES string of the molecule is CC1CCCN1CC1CCCN1C(=O)c1ccc(OCc2cscn2)cc1F. The lowest BCUT2D eigenvalue weighted by atomic mass is 10.1. The van der Waals surface area contributed by atoms with Crippen LogP contribution in [0, 0.1) is 5.82 Å². The molecular formula is C21H26FN3O2S. The molecule has 1 aromatic heterocycles. The Balaban J connectivity index is 1.41. The van der Waals surface area contributed by atoms with Crippen molar-refractivity contribution in [1.29, 1.82) is 0 Å². The Kier molecular flexibility index (Phi) is 5.92. The summed E-state index contributed by atoms with van der Waals surface area (Å²) in [5, 5.41) is 1.89. The molecule has 1 amide bonds. The Morgan fingerprint density at radius 1 is 1.32 bits per heavy atom. The van der Waals surface area contributed by atoms with E-state index in [1.807, 2.05) is 10.3 Å². The van der Waals surface area contributed by atoms with Crippen molar-refractivity contribution in [3.05, 3.63) is 46.2 Å². The molecule has 2 saturated heterocycles. The summed E-state index contributed by atoms with van der Waals surface area (Å²) < 4.78 is 20.2. The zero-order chi connectivity index (χ0) is 19.5. The summed E-state index contributed by atoms with van der Waals surface area (Å²) >= 11 is 1.49. The second-order valence-corrected chi connectivity index (χ2v) is 8.41. The summed E-state index contributed by atoms with van der Waals surface area (Å²) in [4.78, 5) is 21.5. The molecule has 150 valence electrons. The predicted octanol–water partition coefficient (Wildman–Crippen LogP) is 3.95. The van der Waals surface area contributed by atoms with Gasteiger partial charge in [-0.05, 0) is 51.3 Å². The van der Waals surface area contributed by atoms with Crippen LogP contribution in [0.2, 0.25) is 0 Å². The van der Waals surface area contributed by atoms with Gasteiger partial charge >= 0.3 is 0 Å². The summed E-state index contributed by atoms with van der Waals surface area (Å²) in [6.07, 6.45) is 4.41. The number of aromatic nitrogens is 1. The number of hydrogen-bond donors (Lipinski definition) is 0. The number of likely N-dealkylation sites (tertiary alicyclic amines) is 2. The van der Waals surface area contributed by atoms with E-state index in [0.29, 0.717) is 24.9 Å². The van der Waals surface area contributed by atoms with E-state index in [4.69, 9.17) is 4.74 Å². The molecule has 1 aromatic carbocycles. The molecule has 2 aliphatic heterocycles. The summed E-state index contributed by atoms with van der Waals surface area (Å²) in [5.74, 6) is -0.329. The standard InChI is InChI=1S/C21H26FN3O2S/c1-15-4-2-8-24(15)11-17-5-3-9-25(17)21(26)19-7-6-18(10-20(19)22)27-12-16-13-28-14-23-16/h6-7,10,13-15,17H,2-5,8-9,11-12H2,1H3. The van der Waals surface area contributed by atoms with Crippen LogP contribution in [0.1, 0.15) is 48.7 Å². The summed E-state index contributed by atoms with van der Waals surface area (Å²) in [6, 6.07) is 5.25. The molecule has 0 bridgehead atoms. The van der Waals surface area contributed by atoms with Crippen molar-refractivity contribution in [2.75, 3.05) is 19.6 Å². The van der Waals surface area contributed by atoms with Crippen molar-refractivity contribution in [2.45, 2.75) is 51.3 Å². The van der Waals surface area contributed by atoms with Crippen LogP contribution in [0.4, 0.5) is 4.39 Å². The van der Waals surface area contributed by atoms with E-state index in [1.165, 1.54) is 30.2 Å². The highest BCUT2D eigenvalue weighted by Crippen LogP contribution is 2.26. The first-order valence-electron chi connectivity index (χ1n) is 9.96. The first-order valence-corrected chi connectivity index (χ1v) is 10.9. The molecule has 4 rings (SSSR count). The molecule has 0 saturated carbocycles. The Hall–Kier alpha value is -1.99. The fraction of sp³-hybridized carbons (Fsp3) is 0.524. The minimum Gasteiger partial charge on any atom is -0.487 e. The van der Waals surface area contributed by atoms with E-state index >= 15 is 0 Å². The maximum Gasteiger partial charge on any atom is 0.257 e. The number of carbonyl (C=O) groups excluding carboxylic acids is 1. The molecule has 2 aliphatic rings. The smallest absolute Gasteiger partial charge is 0.257 e. The van der Waals surface area contributed by atoms with Crippen molar-refractivity contribution >= 4 is 17.2 Å². The average molecular weight is 404 g/mol. The molecule has 3 heterocycles. The monoisotopic (exact) mass is 403 g/mol. The second-order valence-electron chi connectivity index (χ2n) is 7.69. The zero-order valence-electron chi connectivity index (χ0n) is 16.1. The van der Waals surface area contributed by atoms with Gasteiger partial charge in [-0.15, -0.1) is 11.3 Å². The van der Waals surface area contributed by atoms with Crippen molar-refractivity contribution in [3.8, 4) is 5.75 Å². The number of rotatable bonds is 6. The van der Waals surface area contributed by atoms with Crippen LogP contribution in [0.25, 0.3) is 0 Å². The van der Waals surface area contributed by atoms with Gasteiger partial charge in [-0.2, -0.15) is 0 Å². The minimum atomic E-state index is -0.527. The van der Waals surface area contributed by atoms with Gasteiger partial charge in [-0.25, -0.2) is 9.37 Å². The van der Waals surface area contributed by atoms with Gasteiger partial charge in [-0.3, -0.25) is 9.69 Å². The highest BCUT2D eigenvalue weighted by molar-refractivity contribution is 7.07. The van der Waals surface area contributed by atoms with Gasteiger partial charge in [0.1, 0.15) is 18.2 Å². The third-order valence-corrected chi connectivity index (χ3v) is 6.45. The van der Waals surface area contributed by atoms with Gasteiger partial charge in [0.05, 0.1) is 16.8 Å².